The van der Waals surface area contributed by atoms with Crippen molar-refractivity contribution < 1.29 is 26.5 Å². The van der Waals surface area contributed by atoms with Gasteiger partial charge >= 0.3 is 0 Å². The third-order valence-corrected chi connectivity index (χ3v) is 6.76. The van der Waals surface area contributed by atoms with Crippen LogP contribution >= 0.6 is 0 Å². The second kappa shape index (κ2) is 7.96. The molecule has 0 aliphatic carbocycles. The summed E-state index contributed by atoms with van der Waals surface area (Å²) in [5, 5.41) is 3.91. The summed E-state index contributed by atoms with van der Waals surface area (Å²) in [5.74, 6) is -2.36. The minimum atomic E-state index is -4.14. The smallest absolute Gasteiger partial charge is 0.292 e. The topological polar surface area (TPSA) is 83.7 Å². The van der Waals surface area contributed by atoms with Gasteiger partial charge in [0.25, 0.3) is 5.91 Å². The number of hydrogen-bond donors (Lipinski definition) is 0. The first-order valence-electron chi connectivity index (χ1n) is 9.13. The van der Waals surface area contributed by atoms with Crippen LogP contribution in [0.15, 0.2) is 64.0 Å². The van der Waals surface area contributed by atoms with Crippen molar-refractivity contribution in [1.29, 1.82) is 0 Å². The molecular weight excluding hydrogens is 416 g/mol. The molecule has 0 bridgehead atoms. The van der Waals surface area contributed by atoms with Crippen LogP contribution < -0.4 is 0 Å². The molecule has 0 spiro atoms. The molecule has 0 N–H and O–H groups in total. The predicted molar refractivity (Wildman–Crippen MR) is 103 cm³/mol. The number of nitrogens with zero attached hydrogens (tertiary/aromatic N) is 3. The van der Waals surface area contributed by atoms with Crippen LogP contribution in [-0.4, -0.2) is 54.9 Å². The summed E-state index contributed by atoms with van der Waals surface area (Å²) in [6, 6.07) is 13.1. The lowest BCUT2D eigenvalue weighted by Gasteiger charge is -2.33. The molecule has 1 saturated heterocycles. The van der Waals surface area contributed by atoms with E-state index in [0.717, 1.165) is 22.0 Å². The number of aromatic nitrogens is 1. The normalized spacial score (nSPS) is 15.3. The molecule has 10 heteroatoms. The number of carbonyl (C=O) groups excluding carboxylic acids is 1. The molecule has 0 atom stereocenters. The van der Waals surface area contributed by atoms with E-state index >= 15 is 0 Å². The number of halogens is 2. The van der Waals surface area contributed by atoms with Gasteiger partial charge < -0.3 is 9.42 Å². The van der Waals surface area contributed by atoms with Crippen LogP contribution in [-0.2, 0) is 10.0 Å². The summed E-state index contributed by atoms with van der Waals surface area (Å²) in [6.45, 7) is 0.152. The molecule has 0 radical (unpaired) electrons. The van der Waals surface area contributed by atoms with Crippen molar-refractivity contribution in [3.8, 4) is 11.3 Å². The Balaban J connectivity index is 1.44. The average Bonchev–Trinajstić information content (AvgIpc) is 3.24. The molecule has 1 fully saturated rings. The van der Waals surface area contributed by atoms with Crippen molar-refractivity contribution >= 4 is 15.9 Å². The molecule has 4 rings (SSSR count). The minimum absolute atomic E-state index is 0.0232. The zero-order valence-corrected chi connectivity index (χ0v) is 16.5. The van der Waals surface area contributed by atoms with Crippen LogP contribution in [0.4, 0.5) is 8.78 Å². The van der Waals surface area contributed by atoms with E-state index < -0.39 is 32.5 Å². The van der Waals surface area contributed by atoms with Crippen LogP contribution in [0.2, 0.25) is 0 Å². The van der Waals surface area contributed by atoms with E-state index in [-0.39, 0.29) is 31.9 Å². The van der Waals surface area contributed by atoms with E-state index in [9.17, 15) is 22.0 Å². The first-order chi connectivity index (χ1) is 14.4. The average molecular weight is 433 g/mol. The summed E-state index contributed by atoms with van der Waals surface area (Å²) < 4.78 is 58.6. The number of amides is 1. The molecule has 7 nitrogen and oxygen atoms in total. The molecule has 2 aromatic carbocycles. The van der Waals surface area contributed by atoms with Gasteiger partial charge in [0.15, 0.2) is 0 Å². The Morgan fingerprint density at radius 2 is 1.67 bits per heavy atom. The Kier molecular flexibility index (Phi) is 5.35. The second-order valence-corrected chi connectivity index (χ2v) is 8.62. The molecule has 0 unspecified atom stereocenters. The molecule has 3 aromatic rings. The Bertz CT molecular complexity index is 1170. The van der Waals surface area contributed by atoms with Crippen LogP contribution in [0.25, 0.3) is 11.3 Å². The van der Waals surface area contributed by atoms with Crippen molar-refractivity contribution in [3.63, 3.8) is 0 Å². The number of hydrogen-bond acceptors (Lipinski definition) is 5. The van der Waals surface area contributed by atoms with Gasteiger partial charge in [-0.15, -0.1) is 0 Å². The molecule has 156 valence electrons. The monoisotopic (exact) mass is 433 g/mol. The van der Waals surface area contributed by atoms with Crippen molar-refractivity contribution in [2.45, 2.75) is 4.90 Å². The highest BCUT2D eigenvalue weighted by Crippen LogP contribution is 2.23. The zero-order valence-electron chi connectivity index (χ0n) is 15.7. The number of benzene rings is 2. The molecule has 1 amide bonds. The van der Waals surface area contributed by atoms with Crippen LogP contribution in [0.5, 0.6) is 0 Å². The lowest BCUT2D eigenvalue weighted by molar-refractivity contribution is 0.0656. The Morgan fingerprint density at radius 1 is 0.967 bits per heavy atom. The largest absolute Gasteiger partial charge is 0.350 e. The van der Waals surface area contributed by atoms with Crippen molar-refractivity contribution in [2.75, 3.05) is 26.2 Å². The van der Waals surface area contributed by atoms with Crippen LogP contribution in [0.1, 0.15) is 10.6 Å². The number of rotatable bonds is 4. The minimum Gasteiger partial charge on any atom is -0.350 e. The van der Waals surface area contributed by atoms with Crippen LogP contribution in [0, 0.1) is 11.6 Å². The van der Waals surface area contributed by atoms with E-state index in [2.05, 4.69) is 5.16 Å². The number of piperazine rings is 1. The third kappa shape index (κ3) is 3.83. The summed E-state index contributed by atoms with van der Waals surface area (Å²) in [7, 11) is -4.14. The Hall–Kier alpha value is -3.11. The standard InChI is InChI=1S/C20H17F2N3O4S/c21-15-6-7-19(16(22)12-15)30(27,28)25-10-8-24(9-11-25)20(26)18-13-17(23-29-18)14-4-2-1-3-5-14/h1-7,12-13H,8-11H2. The summed E-state index contributed by atoms with van der Waals surface area (Å²) in [4.78, 5) is 13.5. The molecule has 1 aromatic heterocycles. The third-order valence-electron chi connectivity index (χ3n) is 4.83. The highest BCUT2D eigenvalue weighted by Gasteiger charge is 2.33. The van der Waals surface area contributed by atoms with Crippen molar-refractivity contribution in [3.05, 3.63) is 72.0 Å². The molecule has 1 aliphatic rings. The summed E-state index contributed by atoms with van der Waals surface area (Å²) in [5.41, 5.74) is 1.32. The van der Waals surface area contributed by atoms with E-state index in [0.29, 0.717) is 11.8 Å². The van der Waals surface area contributed by atoms with Gasteiger partial charge in [-0.25, -0.2) is 17.2 Å². The van der Waals surface area contributed by atoms with Crippen molar-refractivity contribution in [1.82, 2.24) is 14.4 Å². The van der Waals surface area contributed by atoms with E-state index in [1.807, 2.05) is 30.3 Å². The highest BCUT2D eigenvalue weighted by atomic mass is 32.2. The van der Waals surface area contributed by atoms with Crippen LogP contribution in [0.3, 0.4) is 0 Å². The molecule has 2 heterocycles. The van der Waals surface area contributed by atoms with Gasteiger partial charge in [-0.05, 0) is 12.1 Å². The maximum Gasteiger partial charge on any atom is 0.292 e. The molecule has 0 saturated carbocycles. The van der Waals surface area contributed by atoms with E-state index in [1.54, 1.807) is 0 Å². The maximum atomic E-state index is 13.9. The Labute approximate surface area is 171 Å². The maximum absolute atomic E-state index is 13.9. The molecular formula is C20H17F2N3O4S. The van der Waals surface area contributed by atoms with Gasteiger partial charge in [-0.2, -0.15) is 4.31 Å². The van der Waals surface area contributed by atoms with Crippen molar-refractivity contribution in [2.24, 2.45) is 0 Å². The van der Waals surface area contributed by atoms with Gasteiger partial charge in [0.2, 0.25) is 15.8 Å². The second-order valence-electron chi connectivity index (χ2n) is 6.71. The molecule has 30 heavy (non-hydrogen) atoms. The highest BCUT2D eigenvalue weighted by molar-refractivity contribution is 7.89. The van der Waals surface area contributed by atoms with Gasteiger partial charge in [-0.1, -0.05) is 35.5 Å². The quantitative estimate of drug-likeness (QED) is 0.632. The van der Waals surface area contributed by atoms with Gasteiger partial charge in [0.1, 0.15) is 22.2 Å². The first-order valence-corrected chi connectivity index (χ1v) is 10.6. The SMILES string of the molecule is O=C(c1cc(-c2ccccc2)no1)N1CCN(S(=O)(=O)c2ccc(F)cc2F)CC1. The zero-order chi connectivity index (χ0) is 21.3. The predicted octanol–water partition coefficient (Wildman–Crippen LogP) is 2.77. The van der Waals surface area contributed by atoms with E-state index in [1.165, 1.54) is 11.0 Å². The number of carbonyl (C=O) groups is 1. The molecule has 1 aliphatic heterocycles. The summed E-state index contributed by atoms with van der Waals surface area (Å²) in [6.07, 6.45) is 0. The fraction of sp³-hybridized carbons (Fsp3) is 0.200. The summed E-state index contributed by atoms with van der Waals surface area (Å²) >= 11 is 0. The fourth-order valence-corrected chi connectivity index (χ4v) is 4.70. The Morgan fingerprint density at radius 3 is 2.33 bits per heavy atom. The van der Waals surface area contributed by atoms with Gasteiger partial charge in [0.05, 0.1) is 0 Å². The number of sulfonamides is 1. The van der Waals surface area contributed by atoms with Gasteiger partial charge in [0, 0.05) is 43.9 Å². The lowest BCUT2D eigenvalue weighted by Crippen LogP contribution is -2.50. The van der Waals surface area contributed by atoms with E-state index in [4.69, 9.17) is 4.52 Å². The first kappa shape index (κ1) is 20.2. The van der Waals surface area contributed by atoms with Gasteiger partial charge in [-0.3, -0.25) is 4.79 Å². The fourth-order valence-electron chi connectivity index (χ4n) is 3.23. The lowest BCUT2D eigenvalue weighted by atomic mass is 10.1.